The molecule has 8 bridgehead atoms. The van der Waals surface area contributed by atoms with Gasteiger partial charge < -0.3 is 36.2 Å². The average Bonchev–Trinajstić information content (AvgIpc) is 4.17. The van der Waals surface area contributed by atoms with Crippen LogP contribution in [-0.4, -0.2) is 90.8 Å². The second-order valence-electron chi connectivity index (χ2n) is 16.1. The standard InChI is InChI=1S/C43H31F12N7O9S3/c44-29-26(30(45)36(51)41(35(29)50)56-9-12-72(63,64)65)23-17-3-1-15(59-17)16-2-4-18(60-16)24(27-31(46)37(52)42(38(53)32(27)47)57-10-13-73(66,67)68)20-6-8-22(62-20)25(21-7-5-19(23)61-21)28-33(48)39(54)43(40(55)34(28)49)58-11-14-74(69,70)71/h1-5,7-8,56-62H,6,9-14H2,(H,63,64,65)(H,66,67,68)(H,69,70,71). The van der Waals surface area contributed by atoms with Crippen molar-refractivity contribution in [2.45, 2.75) is 6.42 Å². The Kier molecular flexibility index (Phi) is 14.1. The zero-order chi connectivity index (χ0) is 54.1. The van der Waals surface area contributed by atoms with Crippen LogP contribution in [0.25, 0.3) is 28.1 Å². The molecule has 0 radical (unpaired) electrons. The summed E-state index contributed by atoms with van der Waals surface area (Å²) < 4.78 is 289. The fourth-order valence-electron chi connectivity index (χ4n) is 8.09. The Bertz CT molecular complexity index is 3830. The summed E-state index contributed by atoms with van der Waals surface area (Å²) in [5.41, 5.74) is -14.0. The predicted octanol–water partition coefficient (Wildman–Crippen LogP) is 6.00. The topological polar surface area (TPSA) is 259 Å². The van der Waals surface area contributed by atoms with Gasteiger partial charge in [-0.3, -0.25) is 13.7 Å². The number of fused-ring (bicyclic) bond motifs is 9. The van der Waals surface area contributed by atoms with Crippen molar-refractivity contribution in [3.05, 3.63) is 162 Å². The highest BCUT2D eigenvalue weighted by molar-refractivity contribution is 7.86. The molecule has 31 heteroatoms. The fourth-order valence-corrected chi connectivity index (χ4v) is 9.17. The minimum atomic E-state index is -4.81. The lowest BCUT2D eigenvalue weighted by atomic mass is 9.97. The molecule has 0 fully saturated rings. The minimum absolute atomic E-state index is 0.0912. The molecule has 6 aromatic rings. The number of allylic oxidation sites excluding steroid dienone is 2. The van der Waals surface area contributed by atoms with E-state index >= 15 is 52.7 Å². The number of aromatic nitrogens is 3. The predicted molar refractivity (Wildman–Crippen MR) is 240 cm³/mol. The monoisotopic (exact) mass is 1110 g/mol. The largest absolute Gasteiger partial charge is 0.379 e. The molecule has 394 valence electrons. The van der Waals surface area contributed by atoms with Crippen LogP contribution >= 0.6 is 0 Å². The molecular weight excluding hydrogens is 1080 g/mol. The molecule has 2 aliphatic rings. The average molecular weight is 1110 g/mol. The Morgan fingerprint density at radius 2 is 0.716 bits per heavy atom. The molecular formula is C43H31F12N7O9S3. The van der Waals surface area contributed by atoms with Gasteiger partial charge in [-0.2, -0.15) is 25.3 Å². The molecule has 16 nitrogen and oxygen atoms in total. The third kappa shape index (κ3) is 10.1. The van der Waals surface area contributed by atoms with E-state index in [9.17, 15) is 25.3 Å². The van der Waals surface area contributed by atoms with Crippen LogP contribution in [-0.2, 0) is 30.4 Å². The lowest BCUT2D eigenvalue weighted by Gasteiger charge is -2.19. The Balaban J connectivity index is 1.43. The van der Waals surface area contributed by atoms with Crippen molar-refractivity contribution < 1.29 is 91.6 Å². The van der Waals surface area contributed by atoms with Crippen LogP contribution < -0.4 is 32.0 Å². The first kappa shape index (κ1) is 53.1. The summed E-state index contributed by atoms with van der Waals surface area (Å²) in [7, 11) is -14.3. The van der Waals surface area contributed by atoms with Gasteiger partial charge in [-0.05, 0) is 36.4 Å². The van der Waals surface area contributed by atoms with E-state index < -0.39 is 227 Å². The highest BCUT2D eigenvalue weighted by Crippen LogP contribution is 2.42. The van der Waals surface area contributed by atoms with E-state index in [1.54, 1.807) is 5.32 Å². The number of aromatic amines is 3. The Hall–Kier alpha value is -7.19. The molecule has 74 heavy (non-hydrogen) atoms. The van der Waals surface area contributed by atoms with Crippen molar-refractivity contribution in [3.63, 3.8) is 0 Å². The summed E-state index contributed by atoms with van der Waals surface area (Å²) in [4.78, 5) is 7.98. The molecule has 5 heterocycles. The van der Waals surface area contributed by atoms with Crippen LogP contribution in [0, 0.1) is 69.8 Å². The van der Waals surface area contributed by atoms with Gasteiger partial charge in [-0.1, -0.05) is 6.08 Å². The molecule has 0 saturated heterocycles. The first-order valence-corrected chi connectivity index (χ1v) is 25.6. The lowest BCUT2D eigenvalue weighted by Crippen LogP contribution is -2.24. The quantitative estimate of drug-likeness (QED) is 0.0322. The molecule has 0 unspecified atom stereocenters. The first-order valence-electron chi connectivity index (χ1n) is 20.8. The number of nitrogens with one attached hydrogen (secondary N) is 7. The van der Waals surface area contributed by atoms with Crippen LogP contribution in [0.5, 0.6) is 0 Å². The maximum Gasteiger partial charge on any atom is 0.266 e. The molecule has 3 aromatic carbocycles. The smallest absolute Gasteiger partial charge is 0.266 e. The van der Waals surface area contributed by atoms with E-state index in [1.165, 1.54) is 12.1 Å². The maximum absolute atomic E-state index is 16.6. The minimum Gasteiger partial charge on any atom is -0.379 e. The van der Waals surface area contributed by atoms with E-state index in [1.807, 2.05) is 10.6 Å². The Labute approximate surface area is 407 Å². The van der Waals surface area contributed by atoms with Gasteiger partial charge in [-0.25, -0.2) is 52.7 Å². The van der Waals surface area contributed by atoms with E-state index in [0.29, 0.717) is 0 Å². The second-order valence-corrected chi connectivity index (χ2v) is 20.8. The summed E-state index contributed by atoms with van der Waals surface area (Å²) in [5, 5.41) is 6.80. The van der Waals surface area contributed by atoms with Crippen molar-refractivity contribution in [2.75, 3.05) is 52.8 Å². The normalized spacial score (nSPS) is 14.0. The zero-order valence-electron chi connectivity index (χ0n) is 36.5. The molecule has 8 rings (SSSR count). The Morgan fingerprint density at radius 3 is 1.08 bits per heavy atom. The molecule has 3 aromatic heterocycles. The summed E-state index contributed by atoms with van der Waals surface area (Å²) in [6.45, 7) is -2.95. The molecule has 0 spiro atoms. The summed E-state index contributed by atoms with van der Waals surface area (Å²) in [5.74, 6) is -29.6. The van der Waals surface area contributed by atoms with Gasteiger partial charge in [0, 0.05) is 76.3 Å². The van der Waals surface area contributed by atoms with Gasteiger partial charge in [0.05, 0.1) is 45.3 Å². The number of hydrogen-bond acceptors (Lipinski definition) is 10. The first-order chi connectivity index (χ1) is 34.6. The molecule has 10 N–H and O–H groups in total. The van der Waals surface area contributed by atoms with Crippen molar-refractivity contribution in [1.29, 1.82) is 0 Å². The van der Waals surface area contributed by atoms with Gasteiger partial charge in [0.25, 0.3) is 30.4 Å². The van der Waals surface area contributed by atoms with Crippen LogP contribution in [0.3, 0.4) is 0 Å². The molecule has 0 aliphatic carbocycles. The van der Waals surface area contributed by atoms with E-state index in [4.69, 9.17) is 13.7 Å². The van der Waals surface area contributed by atoms with E-state index in [0.717, 1.165) is 30.3 Å². The third-order valence-electron chi connectivity index (χ3n) is 11.3. The number of rotatable bonds is 15. The van der Waals surface area contributed by atoms with E-state index in [2.05, 4.69) is 20.3 Å². The summed E-state index contributed by atoms with van der Waals surface area (Å²) in [6, 6.07) is 6.30. The van der Waals surface area contributed by atoms with E-state index in [-0.39, 0.29) is 11.4 Å². The third-order valence-corrected chi connectivity index (χ3v) is 13.5. The van der Waals surface area contributed by atoms with Gasteiger partial charge in [-0.15, -0.1) is 0 Å². The van der Waals surface area contributed by atoms with Crippen molar-refractivity contribution in [3.8, 4) is 11.4 Å². The number of H-pyrrole nitrogens is 3. The van der Waals surface area contributed by atoms with Crippen LogP contribution in [0.1, 0.15) is 34.5 Å². The van der Waals surface area contributed by atoms with Gasteiger partial charge >= 0.3 is 0 Å². The lowest BCUT2D eigenvalue weighted by molar-refractivity contribution is 0.454. The van der Waals surface area contributed by atoms with Crippen LogP contribution in [0.2, 0.25) is 0 Å². The van der Waals surface area contributed by atoms with Crippen molar-refractivity contribution in [2.24, 2.45) is 0 Å². The molecule has 0 atom stereocenters. The second kappa shape index (κ2) is 19.6. The fraction of sp³-hybridized carbons (Fsp3) is 0.163. The summed E-state index contributed by atoms with van der Waals surface area (Å²) >= 11 is 0. The van der Waals surface area contributed by atoms with Crippen LogP contribution in [0.4, 0.5) is 69.7 Å². The van der Waals surface area contributed by atoms with Crippen molar-refractivity contribution in [1.82, 2.24) is 20.3 Å². The highest BCUT2D eigenvalue weighted by atomic mass is 32.2. The molecule has 0 saturated carbocycles. The van der Waals surface area contributed by atoms with Crippen molar-refractivity contribution >= 4 is 64.1 Å². The number of benzene rings is 3. The van der Waals surface area contributed by atoms with Gasteiger partial charge in [0.1, 0.15) is 17.1 Å². The SMILES string of the molecule is O=S(=O)(O)CCNc1c(F)c(F)c(C2=C3CC=C(N3)C(c3c(F)c(F)c(NCCS(=O)(=O)O)c(F)c3F)=c3ccc([nH]3)=C(c3c(F)c(F)c(NCCS(=O)(=O)O)c(F)c3F)c3ccc([nH]3)-c3ccc2[nH]3)c(F)c1F. The maximum atomic E-state index is 16.6. The number of hydrogen-bond donors (Lipinski definition) is 10. The zero-order valence-corrected chi connectivity index (χ0v) is 39.0. The summed E-state index contributed by atoms with van der Waals surface area (Å²) in [6.07, 6.45) is 0.333. The highest BCUT2D eigenvalue weighted by Gasteiger charge is 2.36. The number of anilines is 3. The van der Waals surface area contributed by atoms with Crippen LogP contribution in [0.15, 0.2) is 53.9 Å². The Morgan fingerprint density at radius 1 is 0.405 bits per heavy atom. The molecule has 2 aliphatic heterocycles. The number of halogens is 12. The van der Waals surface area contributed by atoms with Gasteiger partial charge in [0.15, 0.2) is 69.8 Å². The molecule has 0 amide bonds. The van der Waals surface area contributed by atoms with Gasteiger partial charge in [0.2, 0.25) is 0 Å².